The molecular formula is C31H31NO6S. The molecule has 8 heteroatoms. The molecule has 0 saturated heterocycles. The lowest BCUT2D eigenvalue weighted by Crippen LogP contribution is -2.36. The first-order valence-electron chi connectivity index (χ1n) is 12.8. The number of para-hydroxylation sites is 1. The predicted octanol–water partition coefficient (Wildman–Crippen LogP) is 5.75. The summed E-state index contributed by atoms with van der Waals surface area (Å²) in [5, 5.41) is 5.36. The molecule has 0 fully saturated rings. The Balaban J connectivity index is 1.38. The third kappa shape index (κ3) is 5.56. The second kappa shape index (κ2) is 11.8. The number of benzene rings is 2. The molecule has 0 amide bonds. The van der Waals surface area contributed by atoms with E-state index in [2.05, 4.69) is 5.32 Å². The number of Topliss-reactive ketones (excluding diaryl/α,β-unsaturated/α-hetero) is 1. The van der Waals surface area contributed by atoms with Crippen molar-refractivity contribution in [3.63, 3.8) is 0 Å². The molecule has 1 aromatic heterocycles. The number of ketones is 1. The molecule has 7 nitrogen and oxygen atoms in total. The zero-order valence-electron chi connectivity index (χ0n) is 22.2. The maximum Gasteiger partial charge on any atom is 0.336 e. The van der Waals surface area contributed by atoms with Gasteiger partial charge in [-0.15, -0.1) is 11.3 Å². The van der Waals surface area contributed by atoms with E-state index >= 15 is 0 Å². The Morgan fingerprint density at radius 2 is 1.77 bits per heavy atom. The molecule has 1 aliphatic heterocycles. The lowest BCUT2D eigenvalue weighted by atomic mass is 9.73. The van der Waals surface area contributed by atoms with Crippen LogP contribution in [0.5, 0.6) is 17.2 Å². The van der Waals surface area contributed by atoms with Gasteiger partial charge in [0, 0.05) is 28.3 Å². The van der Waals surface area contributed by atoms with E-state index in [-0.39, 0.29) is 24.9 Å². The highest BCUT2D eigenvalue weighted by Crippen LogP contribution is 2.47. The van der Waals surface area contributed by atoms with E-state index in [9.17, 15) is 9.59 Å². The van der Waals surface area contributed by atoms with Crippen LogP contribution in [0.15, 0.2) is 88.6 Å². The van der Waals surface area contributed by atoms with Crippen LogP contribution in [-0.4, -0.2) is 39.2 Å². The molecule has 0 bridgehead atoms. The van der Waals surface area contributed by atoms with Gasteiger partial charge in [-0.05, 0) is 60.5 Å². The minimum atomic E-state index is -0.470. The van der Waals surface area contributed by atoms with Crippen LogP contribution in [0.25, 0.3) is 0 Å². The van der Waals surface area contributed by atoms with Crippen molar-refractivity contribution in [3.8, 4) is 17.2 Å². The molecule has 5 rings (SSSR count). The van der Waals surface area contributed by atoms with Gasteiger partial charge in [-0.25, -0.2) is 4.79 Å². The third-order valence-corrected chi connectivity index (χ3v) is 8.02. The minimum absolute atomic E-state index is 0.0205. The minimum Gasteiger partial charge on any atom is -0.493 e. The van der Waals surface area contributed by atoms with Gasteiger partial charge in [-0.1, -0.05) is 30.3 Å². The molecule has 3 aromatic rings. The first-order valence-corrected chi connectivity index (χ1v) is 13.7. The van der Waals surface area contributed by atoms with Crippen LogP contribution in [0.1, 0.15) is 42.0 Å². The zero-order valence-corrected chi connectivity index (χ0v) is 23.0. The summed E-state index contributed by atoms with van der Waals surface area (Å²) in [5.74, 6) is 1.07. The van der Waals surface area contributed by atoms with E-state index in [0.29, 0.717) is 46.9 Å². The van der Waals surface area contributed by atoms with E-state index in [1.165, 1.54) is 11.3 Å². The van der Waals surface area contributed by atoms with Crippen LogP contribution in [0.3, 0.4) is 0 Å². The van der Waals surface area contributed by atoms with Gasteiger partial charge in [-0.3, -0.25) is 4.79 Å². The molecule has 202 valence electrons. The molecular weight excluding hydrogens is 514 g/mol. The molecule has 0 radical (unpaired) electrons. The molecule has 1 aliphatic carbocycles. The number of carbonyl (C=O) groups is 2. The van der Waals surface area contributed by atoms with E-state index in [1.807, 2.05) is 73.0 Å². The summed E-state index contributed by atoms with van der Waals surface area (Å²) < 4.78 is 22.2. The SMILES string of the molecule is COc1ccc([C@H]2CC(=O)C3=C(C2)NC(C)=C(C(=O)OCCOc2ccccc2)[C@H]3c2cccs2)cc1OC. The normalized spacial score (nSPS) is 18.8. The standard InChI is InChI=1S/C31H31NO6S/c1-19-28(31(34)38-14-13-37-22-8-5-4-6-9-22)30(27-10-7-15-39-27)29-23(32-19)16-21(17-24(29)33)20-11-12-25(35-2)26(18-20)36-3/h4-12,15,18,21,30,32H,13-14,16-17H2,1-3H3/t21-,30-/m1/s1. The Bertz CT molecular complexity index is 1410. The second-order valence-electron chi connectivity index (χ2n) is 9.44. The van der Waals surface area contributed by atoms with Gasteiger partial charge in [-0.2, -0.15) is 0 Å². The Morgan fingerprint density at radius 1 is 0.974 bits per heavy atom. The van der Waals surface area contributed by atoms with Crippen LogP contribution in [0, 0.1) is 0 Å². The highest BCUT2D eigenvalue weighted by Gasteiger charge is 2.42. The second-order valence-corrected chi connectivity index (χ2v) is 10.4. The quantitative estimate of drug-likeness (QED) is 0.271. The number of dihydropyridines is 1. The van der Waals surface area contributed by atoms with Crippen molar-refractivity contribution < 1.29 is 28.5 Å². The highest BCUT2D eigenvalue weighted by atomic mass is 32.1. The maximum absolute atomic E-state index is 13.7. The Labute approximate surface area is 232 Å². The van der Waals surface area contributed by atoms with Crippen molar-refractivity contribution in [3.05, 3.63) is 99.0 Å². The molecule has 0 saturated carbocycles. The zero-order chi connectivity index (χ0) is 27.4. The van der Waals surface area contributed by atoms with E-state index < -0.39 is 11.9 Å². The Kier molecular flexibility index (Phi) is 8.02. The average molecular weight is 546 g/mol. The lowest BCUT2D eigenvalue weighted by Gasteiger charge is -2.36. The van der Waals surface area contributed by atoms with Crippen LogP contribution in [0.4, 0.5) is 0 Å². The molecule has 2 atom stereocenters. The number of rotatable bonds is 9. The van der Waals surface area contributed by atoms with E-state index in [0.717, 1.165) is 16.1 Å². The molecule has 0 unspecified atom stereocenters. The van der Waals surface area contributed by atoms with Crippen molar-refractivity contribution in [1.29, 1.82) is 0 Å². The summed E-state index contributed by atoms with van der Waals surface area (Å²) in [6, 6.07) is 19.1. The Hall–Kier alpha value is -4.04. The first-order chi connectivity index (χ1) is 19.0. The number of ether oxygens (including phenoxy) is 4. The average Bonchev–Trinajstić information content (AvgIpc) is 3.49. The molecule has 39 heavy (non-hydrogen) atoms. The monoisotopic (exact) mass is 545 g/mol. The summed E-state index contributed by atoms with van der Waals surface area (Å²) in [5.41, 5.74) is 3.67. The topological polar surface area (TPSA) is 83.1 Å². The van der Waals surface area contributed by atoms with Crippen LogP contribution < -0.4 is 19.5 Å². The van der Waals surface area contributed by atoms with Crippen molar-refractivity contribution in [1.82, 2.24) is 5.32 Å². The Morgan fingerprint density at radius 3 is 2.49 bits per heavy atom. The van der Waals surface area contributed by atoms with Crippen LogP contribution >= 0.6 is 11.3 Å². The van der Waals surface area contributed by atoms with Gasteiger partial charge in [0.15, 0.2) is 17.3 Å². The van der Waals surface area contributed by atoms with Crippen molar-refractivity contribution in [2.75, 3.05) is 27.4 Å². The third-order valence-electron chi connectivity index (χ3n) is 7.08. The largest absolute Gasteiger partial charge is 0.493 e. The summed E-state index contributed by atoms with van der Waals surface area (Å²) in [6.07, 6.45) is 0.979. The van der Waals surface area contributed by atoms with Gasteiger partial charge >= 0.3 is 5.97 Å². The fraction of sp³-hybridized carbons (Fsp3) is 0.290. The number of hydrogen-bond acceptors (Lipinski definition) is 8. The highest BCUT2D eigenvalue weighted by molar-refractivity contribution is 7.10. The van der Waals surface area contributed by atoms with Crippen LogP contribution in [-0.2, 0) is 14.3 Å². The van der Waals surface area contributed by atoms with E-state index in [1.54, 1.807) is 14.2 Å². The predicted molar refractivity (Wildman–Crippen MR) is 149 cm³/mol. The number of carbonyl (C=O) groups excluding carboxylic acids is 2. The lowest BCUT2D eigenvalue weighted by molar-refractivity contribution is -0.140. The molecule has 2 aromatic carbocycles. The molecule has 2 aliphatic rings. The number of hydrogen-bond donors (Lipinski definition) is 1. The number of thiophene rings is 1. The van der Waals surface area contributed by atoms with Gasteiger partial charge in [0.05, 0.1) is 25.7 Å². The number of esters is 1. The van der Waals surface area contributed by atoms with E-state index in [4.69, 9.17) is 18.9 Å². The van der Waals surface area contributed by atoms with Gasteiger partial charge in [0.1, 0.15) is 19.0 Å². The first kappa shape index (κ1) is 26.6. The maximum atomic E-state index is 13.7. The summed E-state index contributed by atoms with van der Waals surface area (Å²) in [7, 11) is 3.20. The molecule has 0 spiro atoms. The molecule has 2 heterocycles. The summed E-state index contributed by atoms with van der Waals surface area (Å²) in [4.78, 5) is 28.1. The number of allylic oxidation sites excluding steroid dienone is 3. The van der Waals surface area contributed by atoms with Gasteiger partial charge in [0.25, 0.3) is 0 Å². The van der Waals surface area contributed by atoms with Crippen LogP contribution in [0.2, 0.25) is 0 Å². The number of methoxy groups -OCH3 is 2. The summed E-state index contributed by atoms with van der Waals surface area (Å²) in [6.45, 7) is 2.20. The smallest absolute Gasteiger partial charge is 0.336 e. The molecule has 1 N–H and O–H groups in total. The van der Waals surface area contributed by atoms with Crippen molar-refractivity contribution >= 4 is 23.1 Å². The van der Waals surface area contributed by atoms with Gasteiger partial charge in [0.2, 0.25) is 0 Å². The summed E-state index contributed by atoms with van der Waals surface area (Å²) >= 11 is 1.53. The fourth-order valence-electron chi connectivity index (χ4n) is 5.28. The van der Waals surface area contributed by atoms with Crippen molar-refractivity contribution in [2.45, 2.75) is 31.6 Å². The van der Waals surface area contributed by atoms with Gasteiger partial charge < -0.3 is 24.3 Å². The van der Waals surface area contributed by atoms with Crippen molar-refractivity contribution in [2.24, 2.45) is 0 Å². The number of nitrogens with one attached hydrogen (secondary N) is 1. The fourth-order valence-corrected chi connectivity index (χ4v) is 6.12.